The molecular weight excluding hydrogens is 1680 g/mol. The Morgan fingerprint density at radius 3 is 0.554 bits per heavy atom. The first kappa shape index (κ1) is 82.1. The van der Waals surface area contributed by atoms with Crippen LogP contribution < -0.4 is 29.4 Å². The molecule has 0 bridgehead atoms. The van der Waals surface area contributed by atoms with Crippen molar-refractivity contribution in [2.75, 3.05) is 29.4 Å². The molecule has 0 spiro atoms. The fourth-order valence-corrected chi connectivity index (χ4v) is 18.8. The van der Waals surface area contributed by atoms with E-state index in [1.165, 1.54) is 121 Å². The fraction of sp³-hybridized carbons (Fsp3) is 0. The Labute approximate surface area is 748 Å². The lowest BCUT2D eigenvalue weighted by molar-refractivity contribution is 0.0686. The molecule has 8 N–H and O–H groups in total. The largest absolute Gasteiger partial charge is 0.478 e. The molecule has 16 aromatic carbocycles. The molecule has 0 saturated heterocycles. The van der Waals surface area contributed by atoms with Gasteiger partial charge in [-0.05, 0) is 337 Å². The van der Waals surface area contributed by atoms with Crippen molar-refractivity contribution in [3.8, 4) is 33.4 Å². The number of carboxylic acid groups (broad SMARTS) is 8. The Morgan fingerprint density at radius 2 is 0.369 bits per heavy atom. The van der Waals surface area contributed by atoms with Crippen LogP contribution in [0.25, 0.3) is 33.4 Å². The highest BCUT2D eigenvalue weighted by atomic mass is 32.2. The van der Waals surface area contributed by atoms with Gasteiger partial charge in [-0.1, -0.05) is 72.1 Å². The number of hydrogen-bond donors (Lipinski definition) is 8. The first-order valence-corrected chi connectivity index (χ1v) is 42.0. The van der Waals surface area contributed by atoms with Gasteiger partial charge in [0.1, 0.15) is 0 Å². The standard InChI is InChI=1S/C105H66N6O17S2/c112-97-87-53-69(59-1-23-79(24-2-59)110-89-49-43-81(106(71-27-5-61(6-28-71)98(113)114)72-29-7-62(8-30-72)99(115)116)55-93(89)129-94-56-82(44-50-90(94)110)107(73-31-9-63(10-32-73)100(117)118)74-33-11-64(12-34-74)101(119)120)21-47-85(87)86-48-22-70(54-88(86)97)60-3-25-80(26-4-60)111-91-51-45-83(108(75-35-13-65(14-36-75)102(121)122)76-37-15-66(16-38-76)103(123)124)57-95(91)130-96-58-84(46-52-92(96)111)109(77-39-17-67(18-40-77)104(125)126)78-41-19-68(20-42-78)105(127)128/h1-58H,(H,113,114)(H,115,116)(H,117,118)(H,119,120)(H,121,122)(H,123,124)(H,125,126)(H,127,128). The summed E-state index contributed by atoms with van der Waals surface area (Å²) in [7, 11) is 0. The van der Waals surface area contributed by atoms with Crippen molar-refractivity contribution in [1.82, 2.24) is 0 Å². The number of anilines is 18. The highest BCUT2D eigenvalue weighted by Gasteiger charge is 2.34. The summed E-state index contributed by atoms with van der Waals surface area (Å²) in [6, 6.07) is 102. The molecule has 0 saturated carbocycles. The van der Waals surface area contributed by atoms with E-state index in [9.17, 15) is 79.2 Å². The van der Waals surface area contributed by atoms with Crippen molar-refractivity contribution in [3.05, 3.63) is 407 Å². The third-order valence-corrected chi connectivity index (χ3v) is 25.1. The number of fused-ring (bicyclic) bond motifs is 7. The molecule has 2 aliphatic heterocycles. The summed E-state index contributed by atoms with van der Waals surface area (Å²) >= 11 is 2.96. The number of rotatable bonds is 24. The maximum Gasteiger partial charge on any atom is 0.335 e. The fourth-order valence-electron chi connectivity index (χ4n) is 16.5. The summed E-state index contributed by atoms with van der Waals surface area (Å²) in [4.78, 5) is 127. The van der Waals surface area contributed by atoms with Crippen LogP contribution in [0.3, 0.4) is 0 Å². The average Bonchev–Trinajstić information content (AvgIpc) is 0.864. The van der Waals surface area contributed by atoms with Crippen molar-refractivity contribution in [1.29, 1.82) is 0 Å². The number of benzene rings is 16. The third-order valence-electron chi connectivity index (χ3n) is 22.9. The van der Waals surface area contributed by atoms with Gasteiger partial charge in [0, 0.05) is 110 Å². The zero-order valence-corrected chi connectivity index (χ0v) is 69.4. The van der Waals surface area contributed by atoms with Crippen molar-refractivity contribution in [2.24, 2.45) is 0 Å². The number of carboxylic acids is 8. The van der Waals surface area contributed by atoms with Gasteiger partial charge < -0.3 is 70.3 Å². The Balaban J connectivity index is 0.652. The summed E-state index contributed by atoms with van der Waals surface area (Å²) in [5, 5.41) is 79.3. The van der Waals surface area contributed by atoms with Crippen molar-refractivity contribution in [3.63, 3.8) is 0 Å². The van der Waals surface area contributed by atoms with Gasteiger partial charge in [0.2, 0.25) is 0 Å². The van der Waals surface area contributed by atoms with Gasteiger partial charge >= 0.3 is 47.8 Å². The molecule has 0 aromatic heterocycles. The topological polar surface area (TPSA) is 335 Å². The Kier molecular flexibility index (Phi) is 21.2. The molecule has 1 aliphatic carbocycles. The molecule has 2 heterocycles. The van der Waals surface area contributed by atoms with E-state index in [1.807, 2.05) is 177 Å². The monoisotopic (exact) mass is 1750 g/mol. The Hall–Kier alpha value is -17.6. The molecule has 0 atom stereocenters. The summed E-state index contributed by atoms with van der Waals surface area (Å²) in [6.45, 7) is 0. The second kappa shape index (κ2) is 33.5. The van der Waals surface area contributed by atoms with Crippen LogP contribution in [0.15, 0.2) is 371 Å². The summed E-state index contributed by atoms with van der Waals surface area (Å²) in [6.07, 6.45) is 0. The highest BCUT2D eigenvalue weighted by molar-refractivity contribution is 8.00. The van der Waals surface area contributed by atoms with Gasteiger partial charge in [-0.3, -0.25) is 4.79 Å². The minimum atomic E-state index is -1.11. The summed E-state index contributed by atoms with van der Waals surface area (Å²) in [5.74, 6) is -9.02. The lowest BCUT2D eigenvalue weighted by Crippen LogP contribution is -2.17. The molecule has 0 amide bonds. The van der Waals surface area contributed by atoms with E-state index in [1.54, 1.807) is 97.1 Å². The molecule has 0 fully saturated rings. The van der Waals surface area contributed by atoms with Crippen molar-refractivity contribution >= 4 is 179 Å². The lowest BCUT2D eigenvalue weighted by atomic mass is 9.97. The van der Waals surface area contributed by atoms with E-state index in [0.717, 1.165) is 87.1 Å². The number of aromatic carboxylic acids is 8. The van der Waals surface area contributed by atoms with E-state index in [4.69, 9.17) is 0 Å². The number of nitrogens with zero attached hydrogens (tertiary/aromatic N) is 6. The maximum absolute atomic E-state index is 15.1. The molecule has 3 aliphatic rings. The van der Waals surface area contributed by atoms with Crippen LogP contribution in [0.4, 0.5) is 102 Å². The Bertz CT molecular complexity index is 6370. The van der Waals surface area contributed by atoms with Crippen LogP contribution in [0.1, 0.15) is 98.8 Å². The number of carbonyl (C=O) groups is 9. The normalized spacial score (nSPS) is 12.0. The minimum absolute atomic E-state index is 0.0679. The predicted molar refractivity (Wildman–Crippen MR) is 498 cm³/mol. The van der Waals surface area contributed by atoms with Gasteiger partial charge in [0.25, 0.3) is 0 Å². The van der Waals surface area contributed by atoms with E-state index in [-0.39, 0.29) is 50.3 Å². The molecule has 0 radical (unpaired) electrons. The zero-order chi connectivity index (χ0) is 90.0. The SMILES string of the molecule is O=C(O)c1ccc(N(c2ccc(C(=O)O)cc2)c2ccc3c(c2)Sc2cc(N(c4ccc(C(=O)O)cc4)c4ccc(C(=O)O)cc4)ccc2N3c2ccc(-c3ccc4c(c3)C(=O)c3cc(-c5ccc(N6c7ccc(N(c8ccc(C(=O)O)cc8)c8ccc(C(=O)O)cc8)cc7Sc7cc(N(c8ccc(C(=O)O)cc8)c8ccc(C(=O)O)cc8)ccc76)cc5)ccc3-4)cc2)cc1. The smallest absolute Gasteiger partial charge is 0.335 e. The van der Waals surface area contributed by atoms with Crippen LogP contribution in [0.5, 0.6) is 0 Å². The molecular formula is C105H66N6O17S2. The van der Waals surface area contributed by atoms with Crippen LogP contribution in [0, 0.1) is 0 Å². The average molecular weight is 1750 g/mol. The van der Waals surface area contributed by atoms with Crippen LogP contribution in [-0.2, 0) is 0 Å². The molecule has 23 nitrogen and oxygen atoms in total. The second-order valence-corrected chi connectivity index (χ2v) is 32.8. The van der Waals surface area contributed by atoms with Crippen LogP contribution >= 0.6 is 23.5 Å². The summed E-state index contributed by atoms with van der Waals surface area (Å²) < 4.78 is 0. The molecule has 0 unspecified atom stereocenters. The molecule has 630 valence electrons. The van der Waals surface area contributed by atoms with Crippen molar-refractivity contribution < 1.29 is 84.0 Å². The maximum atomic E-state index is 15.1. The van der Waals surface area contributed by atoms with E-state index >= 15 is 4.79 Å². The quantitative estimate of drug-likeness (QED) is 0.0279. The van der Waals surface area contributed by atoms with E-state index in [2.05, 4.69) is 9.80 Å². The Morgan fingerprint density at radius 1 is 0.192 bits per heavy atom. The van der Waals surface area contributed by atoms with Crippen molar-refractivity contribution in [2.45, 2.75) is 19.6 Å². The minimum Gasteiger partial charge on any atom is -0.478 e. The second-order valence-electron chi connectivity index (χ2n) is 30.6. The van der Waals surface area contributed by atoms with Gasteiger partial charge in [-0.15, -0.1) is 0 Å². The zero-order valence-electron chi connectivity index (χ0n) is 67.7. The highest BCUT2D eigenvalue weighted by Crippen LogP contribution is 2.58. The first-order valence-electron chi connectivity index (χ1n) is 40.4. The first-order chi connectivity index (χ1) is 62.9. The van der Waals surface area contributed by atoms with Gasteiger partial charge in [0.05, 0.1) is 67.3 Å². The summed E-state index contributed by atoms with van der Waals surface area (Å²) in [5.41, 5.74) is 18.3. The van der Waals surface area contributed by atoms with Gasteiger partial charge in [-0.25, -0.2) is 38.4 Å². The molecule has 19 rings (SSSR count). The van der Waals surface area contributed by atoms with Gasteiger partial charge in [0.15, 0.2) is 5.78 Å². The predicted octanol–water partition coefficient (Wildman–Crippen LogP) is 25.6. The third kappa shape index (κ3) is 15.5. The van der Waals surface area contributed by atoms with E-state index < -0.39 is 47.8 Å². The lowest BCUT2D eigenvalue weighted by Gasteiger charge is -2.35. The number of hydrogen-bond acceptors (Lipinski definition) is 17. The number of carbonyl (C=O) groups excluding carboxylic acids is 1. The van der Waals surface area contributed by atoms with Gasteiger partial charge in [-0.2, -0.15) is 0 Å². The molecule has 16 aromatic rings. The number of ketones is 1. The van der Waals surface area contributed by atoms with E-state index in [0.29, 0.717) is 79.4 Å². The molecule has 130 heavy (non-hydrogen) atoms. The molecule has 25 heteroatoms. The van der Waals surface area contributed by atoms with Crippen LogP contribution in [-0.4, -0.2) is 94.4 Å². The van der Waals surface area contributed by atoms with Crippen LogP contribution in [0.2, 0.25) is 0 Å².